The van der Waals surface area contributed by atoms with Crippen LogP contribution in [0, 0.1) is 11.3 Å². The lowest BCUT2D eigenvalue weighted by Gasteiger charge is -2.14. The van der Waals surface area contributed by atoms with Crippen LogP contribution in [0.2, 0.25) is 0 Å². The second-order valence-electron chi connectivity index (χ2n) is 6.48. The Morgan fingerprint density at radius 2 is 2.04 bits per heavy atom. The lowest BCUT2D eigenvalue weighted by atomic mass is 10.1. The van der Waals surface area contributed by atoms with Crippen molar-refractivity contribution in [3.63, 3.8) is 0 Å². The first kappa shape index (κ1) is 17.3. The minimum absolute atomic E-state index is 0.0628. The van der Waals surface area contributed by atoms with Gasteiger partial charge in [-0.2, -0.15) is 5.26 Å². The van der Waals surface area contributed by atoms with Gasteiger partial charge in [-0.15, -0.1) is 11.6 Å². The fourth-order valence-corrected chi connectivity index (χ4v) is 3.49. The van der Waals surface area contributed by atoms with Gasteiger partial charge in [0.1, 0.15) is 18.0 Å². The van der Waals surface area contributed by atoms with Gasteiger partial charge in [0, 0.05) is 17.1 Å². The van der Waals surface area contributed by atoms with Crippen molar-refractivity contribution in [1.29, 1.82) is 5.26 Å². The van der Waals surface area contributed by atoms with Crippen molar-refractivity contribution in [2.75, 3.05) is 16.5 Å². The molecule has 0 aliphatic heterocycles. The Hall–Kier alpha value is -3.17. The van der Waals surface area contributed by atoms with Crippen LogP contribution < -0.4 is 10.6 Å². The van der Waals surface area contributed by atoms with Crippen LogP contribution in [-0.4, -0.2) is 27.8 Å². The molecule has 3 aromatic rings. The van der Waals surface area contributed by atoms with Crippen molar-refractivity contribution in [2.24, 2.45) is 0 Å². The van der Waals surface area contributed by atoms with Gasteiger partial charge in [0.05, 0.1) is 17.1 Å². The summed E-state index contributed by atoms with van der Waals surface area (Å²) < 4.78 is 0. The topological polar surface area (TPSA) is 90.7 Å². The van der Waals surface area contributed by atoms with Crippen molar-refractivity contribution in [3.05, 3.63) is 59.4 Å². The average Bonchev–Trinajstić information content (AvgIpc) is 3.09. The highest BCUT2D eigenvalue weighted by Crippen LogP contribution is 2.29. The van der Waals surface area contributed by atoms with E-state index in [4.69, 9.17) is 16.9 Å². The third-order valence-corrected chi connectivity index (χ3v) is 4.89. The maximum Gasteiger partial charge on any atom is 0.239 e. The van der Waals surface area contributed by atoms with Crippen molar-refractivity contribution >= 4 is 39.9 Å². The fourth-order valence-electron chi connectivity index (χ4n) is 3.43. The van der Waals surface area contributed by atoms with Crippen LogP contribution in [0.15, 0.2) is 42.7 Å². The molecular formula is C20H16ClN5O. The zero-order valence-electron chi connectivity index (χ0n) is 14.4. The molecule has 2 N–H and O–H groups in total. The first-order valence-corrected chi connectivity index (χ1v) is 9.09. The Morgan fingerprint density at radius 1 is 1.19 bits per heavy atom. The zero-order chi connectivity index (χ0) is 18.8. The second-order valence-corrected chi connectivity index (χ2v) is 6.75. The van der Waals surface area contributed by atoms with Gasteiger partial charge in [-0.25, -0.2) is 9.97 Å². The Kier molecular flexibility index (Phi) is 4.61. The molecule has 1 aromatic heterocycles. The van der Waals surface area contributed by atoms with E-state index in [2.05, 4.69) is 26.7 Å². The number of anilines is 2. The van der Waals surface area contributed by atoms with Gasteiger partial charge in [0.15, 0.2) is 0 Å². The van der Waals surface area contributed by atoms with Crippen LogP contribution in [-0.2, 0) is 17.6 Å². The number of hydrogen-bond acceptors (Lipinski definition) is 5. The molecular weight excluding hydrogens is 362 g/mol. The summed E-state index contributed by atoms with van der Waals surface area (Å²) in [6, 6.07) is 13.6. The Morgan fingerprint density at radius 3 is 2.85 bits per heavy atom. The molecule has 27 heavy (non-hydrogen) atoms. The summed E-state index contributed by atoms with van der Waals surface area (Å²) in [5.41, 5.74) is 4.57. The van der Waals surface area contributed by atoms with Crippen molar-refractivity contribution in [1.82, 2.24) is 9.97 Å². The standard InChI is InChI=1S/C20H16ClN5O/c21-9-19(27)25-15-3-2-13-6-16(8-14(13)7-15)26-20-17-5-12(10-22)1-4-18(17)23-11-24-20/h1-5,7,11,16H,6,8-9H2,(H,25,27)(H,23,24,26). The first-order chi connectivity index (χ1) is 13.2. The molecule has 1 aliphatic carbocycles. The number of nitriles is 1. The lowest BCUT2D eigenvalue weighted by Crippen LogP contribution is -2.20. The summed E-state index contributed by atoms with van der Waals surface area (Å²) >= 11 is 5.55. The predicted octanol–water partition coefficient (Wildman–Crippen LogP) is 3.26. The smallest absolute Gasteiger partial charge is 0.239 e. The molecule has 1 unspecified atom stereocenters. The number of amides is 1. The van der Waals surface area contributed by atoms with E-state index in [0.29, 0.717) is 5.56 Å². The number of halogens is 1. The van der Waals surface area contributed by atoms with Gasteiger partial charge in [0.25, 0.3) is 0 Å². The predicted molar refractivity (Wildman–Crippen MR) is 105 cm³/mol. The molecule has 0 bridgehead atoms. The van der Waals surface area contributed by atoms with E-state index in [9.17, 15) is 4.79 Å². The van der Waals surface area contributed by atoms with Gasteiger partial charge in [-0.3, -0.25) is 4.79 Å². The highest BCUT2D eigenvalue weighted by atomic mass is 35.5. The number of fused-ring (bicyclic) bond motifs is 2. The van der Waals surface area contributed by atoms with Gasteiger partial charge in [0.2, 0.25) is 5.91 Å². The van der Waals surface area contributed by atoms with Crippen LogP contribution in [0.1, 0.15) is 16.7 Å². The van der Waals surface area contributed by atoms with E-state index in [1.54, 1.807) is 12.1 Å². The van der Waals surface area contributed by atoms with Gasteiger partial charge in [-0.05, 0) is 54.3 Å². The summed E-state index contributed by atoms with van der Waals surface area (Å²) in [5.74, 6) is 0.447. The molecule has 0 saturated carbocycles. The van der Waals surface area contributed by atoms with E-state index < -0.39 is 0 Å². The van der Waals surface area contributed by atoms with Crippen LogP contribution in [0.4, 0.5) is 11.5 Å². The monoisotopic (exact) mass is 377 g/mol. The molecule has 1 heterocycles. The van der Waals surface area contributed by atoms with E-state index >= 15 is 0 Å². The molecule has 1 atom stereocenters. The minimum atomic E-state index is -0.218. The molecule has 7 heteroatoms. The summed E-state index contributed by atoms with van der Waals surface area (Å²) in [7, 11) is 0. The Bertz CT molecular complexity index is 1080. The second kappa shape index (κ2) is 7.22. The molecule has 4 rings (SSSR count). The molecule has 134 valence electrons. The van der Waals surface area contributed by atoms with Crippen LogP contribution in [0.3, 0.4) is 0 Å². The van der Waals surface area contributed by atoms with Crippen LogP contribution in [0.25, 0.3) is 10.9 Å². The lowest BCUT2D eigenvalue weighted by molar-refractivity contribution is -0.113. The number of rotatable bonds is 4. The molecule has 1 amide bonds. The number of hydrogen-bond donors (Lipinski definition) is 2. The maximum atomic E-state index is 11.5. The van der Waals surface area contributed by atoms with E-state index in [0.717, 1.165) is 35.2 Å². The molecule has 0 fully saturated rings. The van der Waals surface area contributed by atoms with Crippen molar-refractivity contribution < 1.29 is 4.79 Å². The zero-order valence-corrected chi connectivity index (χ0v) is 15.1. The Labute approximate surface area is 161 Å². The largest absolute Gasteiger partial charge is 0.366 e. The van der Waals surface area contributed by atoms with Crippen molar-refractivity contribution in [2.45, 2.75) is 18.9 Å². The van der Waals surface area contributed by atoms with E-state index in [-0.39, 0.29) is 17.8 Å². The molecule has 6 nitrogen and oxygen atoms in total. The minimum Gasteiger partial charge on any atom is -0.366 e. The highest BCUT2D eigenvalue weighted by Gasteiger charge is 2.23. The van der Waals surface area contributed by atoms with Gasteiger partial charge >= 0.3 is 0 Å². The maximum absolute atomic E-state index is 11.5. The SMILES string of the molecule is N#Cc1ccc2ncnc(NC3Cc4ccc(NC(=O)CCl)cc4C3)c2c1. The summed E-state index contributed by atoms with van der Waals surface area (Å²) in [6.07, 6.45) is 3.21. The number of nitrogens with zero attached hydrogens (tertiary/aromatic N) is 3. The fraction of sp³-hybridized carbons (Fsp3) is 0.200. The number of nitrogens with one attached hydrogen (secondary N) is 2. The van der Waals surface area contributed by atoms with Crippen molar-refractivity contribution in [3.8, 4) is 6.07 Å². The number of carbonyl (C=O) groups is 1. The van der Waals surface area contributed by atoms with E-state index in [1.165, 1.54) is 17.5 Å². The number of benzene rings is 2. The van der Waals surface area contributed by atoms with E-state index in [1.807, 2.05) is 24.3 Å². The molecule has 0 saturated heterocycles. The third kappa shape index (κ3) is 3.55. The molecule has 2 aromatic carbocycles. The molecule has 0 spiro atoms. The van der Waals surface area contributed by atoms with Crippen LogP contribution >= 0.6 is 11.6 Å². The molecule has 0 radical (unpaired) electrons. The van der Waals surface area contributed by atoms with Crippen LogP contribution in [0.5, 0.6) is 0 Å². The summed E-state index contributed by atoms with van der Waals surface area (Å²) in [6.45, 7) is 0. The Balaban J connectivity index is 1.55. The first-order valence-electron chi connectivity index (χ1n) is 8.55. The average molecular weight is 378 g/mol. The molecule has 1 aliphatic rings. The summed E-state index contributed by atoms with van der Waals surface area (Å²) in [4.78, 5) is 20.1. The van der Waals surface area contributed by atoms with Gasteiger partial charge in [-0.1, -0.05) is 6.07 Å². The third-order valence-electron chi connectivity index (χ3n) is 4.65. The summed E-state index contributed by atoms with van der Waals surface area (Å²) in [5, 5.41) is 16.2. The number of carbonyl (C=O) groups excluding carboxylic acids is 1. The van der Waals surface area contributed by atoms with Gasteiger partial charge < -0.3 is 10.6 Å². The number of alkyl halides is 1. The number of aromatic nitrogens is 2. The quantitative estimate of drug-likeness (QED) is 0.681. The highest BCUT2D eigenvalue weighted by molar-refractivity contribution is 6.29. The normalized spacial score (nSPS) is 15.2.